The largest absolute Gasteiger partial charge is 0.460 e. The maximum absolute atomic E-state index is 11.3. The van der Waals surface area contributed by atoms with Crippen molar-refractivity contribution >= 4 is 11.7 Å². The minimum absolute atomic E-state index is 0.0363. The van der Waals surface area contributed by atoms with Gasteiger partial charge in [-0.2, -0.15) is 0 Å². The number of aliphatic hydroxyl groups is 1. The van der Waals surface area contributed by atoms with E-state index < -0.39 is 23.0 Å². The van der Waals surface area contributed by atoms with Gasteiger partial charge in [0.05, 0.1) is 11.0 Å². The van der Waals surface area contributed by atoms with Gasteiger partial charge in [0.15, 0.2) is 0 Å². The van der Waals surface area contributed by atoms with Crippen LogP contribution in [0.15, 0.2) is 24.3 Å². The third-order valence-corrected chi connectivity index (χ3v) is 2.32. The molecule has 0 fully saturated rings. The van der Waals surface area contributed by atoms with Crippen LogP contribution in [0.5, 0.6) is 0 Å². The number of nitro benzene ring substituents is 1. The number of ether oxygens (including phenoxy) is 1. The number of nitrogens with zero attached hydrogens (tertiary/aromatic N) is 1. The molecular weight excluding hydrogens is 240 g/mol. The number of nitro groups is 1. The Bertz CT molecular complexity index is 430. The minimum atomic E-state index is -1.09. The number of carbonyl (C=O) groups is 1. The second kappa shape index (κ2) is 6.08. The van der Waals surface area contributed by atoms with Crippen LogP contribution in [0.3, 0.4) is 0 Å². The molecule has 98 valence electrons. The van der Waals surface area contributed by atoms with Crippen LogP contribution in [0.25, 0.3) is 0 Å². The molecule has 7 heteroatoms. The molecule has 1 aromatic rings. The number of hydrogen-bond acceptors (Lipinski definition) is 6. The maximum Gasteiger partial charge on any atom is 0.325 e. The predicted octanol–water partition coefficient (Wildman–Crippen LogP) is 0.346. The number of carbonyl (C=O) groups excluding carboxylic acids is 1. The van der Waals surface area contributed by atoms with Crippen LogP contribution in [0.1, 0.15) is 12.5 Å². The van der Waals surface area contributed by atoms with E-state index in [1.165, 1.54) is 31.2 Å². The molecule has 0 amide bonds. The highest BCUT2D eigenvalue weighted by Gasteiger charge is 2.20. The van der Waals surface area contributed by atoms with Gasteiger partial charge in [-0.1, -0.05) is 0 Å². The molecule has 1 rings (SSSR count). The normalized spacial score (nSPS) is 13.7. The van der Waals surface area contributed by atoms with E-state index in [9.17, 15) is 14.9 Å². The van der Waals surface area contributed by atoms with Crippen molar-refractivity contribution < 1.29 is 19.6 Å². The summed E-state index contributed by atoms with van der Waals surface area (Å²) in [6, 6.07) is 4.51. The molecule has 0 aliphatic heterocycles. The first-order chi connectivity index (χ1) is 8.41. The number of rotatable bonds is 5. The lowest BCUT2D eigenvalue weighted by Crippen LogP contribution is -2.41. The molecule has 3 N–H and O–H groups in total. The molecule has 0 radical (unpaired) electrons. The van der Waals surface area contributed by atoms with Gasteiger partial charge in [-0.05, 0) is 24.6 Å². The van der Waals surface area contributed by atoms with E-state index in [0.717, 1.165) is 0 Å². The maximum atomic E-state index is 11.3. The second-order valence-electron chi connectivity index (χ2n) is 3.80. The highest BCUT2D eigenvalue weighted by Crippen LogP contribution is 2.12. The third-order valence-electron chi connectivity index (χ3n) is 2.32. The van der Waals surface area contributed by atoms with Gasteiger partial charge < -0.3 is 15.6 Å². The topological polar surface area (TPSA) is 116 Å². The summed E-state index contributed by atoms with van der Waals surface area (Å²) in [5.41, 5.74) is 5.94. The molecule has 1 aromatic carbocycles. The highest BCUT2D eigenvalue weighted by atomic mass is 16.6. The van der Waals surface area contributed by atoms with Crippen molar-refractivity contribution in [2.45, 2.75) is 25.7 Å². The van der Waals surface area contributed by atoms with Crippen LogP contribution in [0, 0.1) is 10.1 Å². The summed E-state index contributed by atoms with van der Waals surface area (Å²) >= 11 is 0. The summed E-state index contributed by atoms with van der Waals surface area (Å²) in [4.78, 5) is 21.2. The van der Waals surface area contributed by atoms with Crippen molar-refractivity contribution in [1.82, 2.24) is 0 Å². The van der Waals surface area contributed by atoms with E-state index in [0.29, 0.717) is 5.56 Å². The molecule has 7 nitrogen and oxygen atoms in total. The summed E-state index contributed by atoms with van der Waals surface area (Å²) < 4.78 is 4.86. The minimum Gasteiger partial charge on any atom is -0.460 e. The Hall–Kier alpha value is -1.99. The zero-order chi connectivity index (χ0) is 13.7. The van der Waals surface area contributed by atoms with E-state index >= 15 is 0 Å². The van der Waals surface area contributed by atoms with Crippen LogP contribution >= 0.6 is 0 Å². The lowest BCUT2D eigenvalue weighted by molar-refractivity contribution is -0.384. The molecule has 0 bridgehead atoms. The lowest BCUT2D eigenvalue weighted by Gasteiger charge is -2.13. The molecule has 0 spiro atoms. The monoisotopic (exact) mass is 254 g/mol. The van der Waals surface area contributed by atoms with Crippen LogP contribution in [-0.2, 0) is 16.1 Å². The van der Waals surface area contributed by atoms with Gasteiger partial charge in [0.2, 0.25) is 0 Å². The highest BCUT2D eigenvalue weighted by molar-refractivity contribution is 5.76. The van der Waals surface area contributed by atoms with Gasteiger partial charge >= 0.3 is 5.97 Å². The first kappa shape index (κ1) is 14.1. The van der Waals surface area contributed by atoms with E-state index in [1.807, 2.05) is 0 Å². The van der Waals surface area contributed by atoms with Crippen molar-refractivity contribution in [1.29, 1.82) is 0 Å². The molecule has 0 saturated heterocycles. The summed E-state index contributed by atoms with van der Waals surface area (Å²) in [6.45, 7) is 1.34. The van der Waals surface area contributed by atoms with Crippen LogP contribution in [0.2, 0.25) is 0 Å². The van der Waals surface area contributed by atoms with Gasteiger partial charge in [0.25, 0.3) is 5.69 Å². The van der Waals surface area contributed by atoms with Crippen LogP contribution < -0.4 is 5.73 Å². The average molecular weight is 254 g/mol. The Morgan fingerprint density at radius 3 is 2.50 bits per heavy atom. The number of aliphatic hydroxyl groups excluding tert-OH is 1. The molecule has 0 aliphatic rings. The van der Waals surface area contributed by atoms with Gasteiger partial charge in [0, 0.05) is 12.1 Å². The molecule has 0 saturated carbocycles. The molecule has 2 atom stereocenters. The van der Waals surface area contributed by atoms with Gasteiger partial charge in [0.1, 0.15) is 12.6 Å². The first-order valence-electron chi connectivity index (χ1n) is 5.25. The SMILES string of the molecule is CC(O)[C@H](N)C(=O)OCc1ccc([N+](=O)[O-])cc1. The van der Waals surface area contributed by atoms with Crippen LogP contribution in [-0.4, -0.2) is 28.1 Å². The standard InChI is InChI=1S/C11H14N2O5/c1-7(14)10(12)11(15)18-6-8-2-4-9(5-3-8)13(16)17/h2-5,7,10,14H,6,12H2,1H3/t7?,10-/m0/s1. The average Bonchev–Trinajstić information content (AvgIpc) is 2.35. The summed E-state index contributed by atoms with van der Waals surface area (Å²) in [5, 5.41) is 19.5. The van der Waals surface area contributed by atoms with Crippen molar-refractivity contribution in [3.63, 3.8) is 0 Å². The van der Waals surface area contributed by atoms with Crippen molar-refractivity contribution in [2.24, 2.45) is 5.73 Å². The van der Waals surface area contributed by atoms with E-state index in [2.05, 4.69) is 0 Å². The van der Waals surface area contributed by atoms with E-state index in [4.69, 9.17) is 15.6 Å². The Balaban J connectivity index is 2.54. The van der Waals surface area contributed by atoms with Crippen molar-refractivity contribution in [3.05, 3.63) is 39.9 Å². The lowest BCUT2D eigenvalue weighted by atomic mass is 10.2. The fraction of sp³-hybridized carbons (Fsp3) is 0.364. The Kier molecular flexibility index (Phi) is 4.75. The fourth-order valence-electron chi connectivity index (χ4n) is 1.16. The van der Waals surface area contributed by atoms with E-state index in [-0.39, 0.29) is 12.3 Å². The molecule has 1 unspecified atom stereocenters. The third kappa shape index (κ3) is 3.79. The molecule has 0 aliphatic carbocycles. The Morgan fingerprint density at radius 2 is 2.06 bits per heavy atom. The smallest absolute Gasteiger partial charge is 0.325 e. The number of esters is 1. The fourth-order valence-corrected chi connectivity index (χ4v) is 1.16. The Labute approximate surface area is 103 Å². The number of non-ortho nitro benzene ring substituents is 1. The zero-order valence-corrected chi connectivity index (χ0v) is 9.78. The van der Waals surface area contributed by atoms with Crippen molar-refractivity contribution in [2.75, 3.05) is 0 Å². The van der Waals surface area contributed by atoms with Gasteiger partial charge in [-0.25, -0.2) is 0 Å². The summed E-state index contributed by atoms with van der Waals surface area (Å²) in [7, 11) is 0. The van der Waals surface area contributed by atoms with E-state index in [1.54, 1.807) is 0 Å². The summed E-state index contributed by atoms with van der Waals surface area (Å²) in [5.74, 6) is -0.719. The Morgan fingerprint density at radius 1 is 1.50 bits per heavy atom. The first-order valence-corrected chi connectivity index (χ1v) is 5.25. The zero-order valence-electron chi connectivity index (χ0n) is 9.78. The van der Waals surface area contributed by atoms with Gasteiger partial charge in [-0.15, -0.1) is 0 Å². The second-order valence-corrected chi connectivity index (χ2v) is 3.80. The number of nitrogens with two attached hydrogens (primary N) is 1. The molecule has 0 heterocycles. The summed E-state index contributed by atoms with van der Waals surface area (Å²) in [6.07, 6.45) is -0.991. The van der Waals surface area contributed by atoms with Crippen molar-refractivity contribution in [3.8, 4) is 0 Å². The van der Waals surface area contributed by atoms with Crippen LogP contribution in [0.4, 0.5) is 5.69 Å². The molecule has 0 aromatic heterocycles. The predicted molar refractivity (Wildman–Crippen MR) is 62.5 cm³/mol. The molecular formula is C11H14N2O5. The molecule has 18 heavy (non-hydrogen) atoms. The quantitative estimate of drug-likeness (QED) is 0.445. The number of benzene rings is 1. The van der Waals surface area contributed by atoms with Gasteiger partial charge in [-0.3, -0.25) is 14.9 Å². The number of hydrogen-bond donors (Lipinski definition) is 2.